The molecule has 1 saturated heterocycles. The molecule has 29 heavy (non-hydrogen) atoms. The molecule has 1 fully saturated rings. The molecule has 0 aliphatic carbocycles. The number of hydrogen-bond acceptors (Lipinski definition) is 6. The molecule has 0 bridgehead atoms. The second-order valence-corrected chi connectivity index (χ2v) is 8.98. The van der Waals surface area contributed by atoms with Gasteiger partial charge in [0.15, 0.2) is 0 Å². The van der Waals surface area contributed by atoms with E-state index in [9.17, 15) is 19.2 Å². The molecule has 10 nitrogen and oxygen atoms in total. The van der Waals surface area contributed by atoms with Crippen LogP contribution in [0.4, 0.5) is 9.59 Å². The summed E-state index contributed by atoms with van der Waals surface area (Å²) in [5.41, 5.74) is -1.36. The lowest BCUT2D eigenvalue weighted by Crippen LogP contribution is -2.52. The number of nitrogens with zero attached hydrogens (tertiary/aromatic N) is 1. The van der Waals surface area contributed by atoms with Gasteiger partial charge in [0, 0.05) is 33.0 Å². The summed E-state index contributed by atoms with van der Waals surface area (Å²) < 4.78 is 10.5. The number of carbonyl (C=O) groups excluding carboxylic acids is 4. The summed E-state index contributed by atoms with van der Waals surface area (Å²) in [7, 11) is 1.50. The quantitative estimate of drug-likeness (QED) is 0.619. The standard InChI is InChI=1S/C19H34N4O6/c1-18(2,3)28-16(26)21-12-10-23(15(25)9-8-14(24)20-7)11-13(12)22-17(27)29-19(4,5)6/h12-13H,8-11H2,1-7H3,(H,20,24)(H,21,26)(H,22,27)/t12-,13-/m0/s1. The zero-order chi connectivity index (χ0) is 22.4. The lowest BCUT2D eigenvalue weighted by Gasteiger charge is -2.26. The molecular weight excluding hydrogens is 380 g/mol. The van der Waals surface area contributed by atoms with Crippen LogP contribution in [0.2, 0.25) is 0 Å². The molecule has 0 aromatic rings. The zero-order valence-electron chi connectivity index (χ0n) is 18.4. The summed E-state index contributed by atoms with van der Waals surface area (Å²) in [4.78, 5) is 49.7. The molecule has 1 aliphatic heterocycles. The SMILES string of the molecule is CNC(=O)CCC(=O)N1C[C@H](NC(=O)OC(C)(C)C)[C@@H](NC(=O)OC(C)(C)C)C1. The fourth-order valence-electron chi connectivity index (χ4n) is 2.72. The molecule has 3 N–H and O–H groups in total. The third-order valence-corrected chi connectivity index (χ3v) is 3.92. The molecule has 0 aromatic heterocycles. The molecule has 0 saturated carbocycles. The first kappa shape index (κ1) is 24.5. The van der Waals surface area contributed by atoms with E-state index >= 15 is 0 Å². The number of nitrogens with one attached hydrogen (secondary N) is 3. The Morgan fingerprint density at radius 1 is 0.828 bits per heavy atom. The Labute approximate surface area is 172 Å². The van der Waals surface area contributed by atoms with Crippen molar-refractivity contribution in [3.8, 4) is 0 Å². The van der Waals surface area contributed by atoms with Gasteiger partial charge in [0.1, 0.15) is 11.2 Å². The topological polar surface area (TPSA) is 126 Å². The van der Waals surface area contributed by atoms with Gasteiger partial charge in [0.25, 0.3) is 0 Å². The van der Waals surface area contributed by atoms with E-state index in [1.807, 2.05) is 0 Å². The first-order valence-corrected chi connectivity index (χ1v) is 9.67. The van der Waals surface area contributed by atoms with Gasteiger partial charge in [-0.05, 0) is 41.5 Å². The van der Waals surface area contributed by atoms with Gasteiger partial charge in [0.05, 0.1) is 12.1 Å². The van der Waals surface area contributed by atoms with Gasteiger partial charge in [-0.1, -0.05) is 0 Å². The maximum atomic E-state index is 12.4. The monoisotopic (exact) mass is 414 g/mol. The summed E-state index contributed by atoms with van der Waals surface area (Å²) in [5, 5.41) is 7.89. The summed E-state index contributed by atoms with van der Waals surface area (Å²) in [6.07, 6.45) is -1.17. The number of carbonyl (C=O) groups is 4. The highest BCUT2D eigenvalue weighted by atomic mass is 16.6. The molecule has 1 aliphatic rings. The van der Waals surface area contributed by atoms with Crippen molar-refractivity contribution < 1.29 is 28.7 Å². The summed E-state index contributed by atoms with van der Waals surface area (Å²) in [6, 6.07) is -1.11. The number of alkyl carbamates (subject to hydrolysis) is 2. The van der Waals surface area contributed by atoms with E-state index in [-0.39, 0.29) is 37.7 Å². The molecule has 0 unspecified atom stereocenters. The fourth-order valence-corrected chi connectivity index (χ4v) is 2.72. The van der Waals surface area contributed by atoms with Crippen LogP contribution in [0.15, 0.2) is 0 Å². The van der Waals surface area contributed by atoms with E-state index in [0.717, 1.165) is 0 Å². The maximum Gasteiger partial charge on any atom is 0.408 e. The Morgan fingerprint density at radius 2 is 1.24 bits per heavy atom. The van der Waals surface area contributed by atoms with Crippen LogP contribution in [-0.2, 0) is 19.1 Å². The van der Waals surface area contributed by atoms with Crippen molar-refractivity contribution in [1.29, 1.82) is 0 Å². The Balaban J connectivity index is 2.80. The van der Waals surface area contributed by atoms with Crippen LogP contribution in [-0.4, -0.2) is 72.3 Å². The van der Waals surface area contributed by atoms with Gasteiger partial charge in [-0.3, -0.25) is 9.59 Å². The molecule has 166 valence electrons. The molecule has 0 spiro atoms. The molecular formula is C19H34N4O6. The minimum absolute atomic E-state index is 0.0397. The molecule has 0 aromatic carbocycles. The number of rotatable bonds is 5. The average molecular weight is 415 g/mol. The van der Waals surface area contributed by atoms with Gasteiger partial charge < -0.3 is 30.3 Å². The van der Waals surface area contributed by atoms with Crippen molar-refractivity contribution in [3.63, 3.8) is 0 Å². The predicted molar refractivity (Wildman–Crippen MR) is 106 cm³/mol. The van der Waals surface area contributed by atoms with E-state index in [1.54, 1.807) is 41.5 Å². The molecule has 1 heterocycles. The zero-order valence-corrected chi connectivity index (χ0v) is 18.4. The van der Waals surface area contributed by atoms with E-state index in [0.29, 0.717) is 0 Å². The second kappa shape index (κ2) is 9.80. The van der Waals surface area contributed by atoms with Gasteiger partial charge in [-0.15, -0.1) is 0 Å². The number of hydrogen-bond donors (Lipinski definition) is 3. The normalized spacial score (nSPS) is 19.3. The highest BCUT2D eigenvalue weighted by molar-refractivity contribution is 5.84. The van der Waals surface area contributed by atoms with E-state index in [2.05, 4.69) is 16.0 Å². The number of amides is 4. The van der Waals surface area contributed by atoms with Crippen LogP contribution < -0.4 is 16.0 Å². The van der Waals surface area contributed by atoms with E-state index in [4.69, 9.17) is 9.47 Å². The first-order chi connectivity index (χ1) is 13.2. The largest absolute Gasteiger partial charge is 0.444 e. The predicted octanol–water partition coefficient (Wildman–Crippen LogP) is 1.14. The third kappa shape index (κ3) is 9.49. The van der Waals surface area contributed by atoms with Crippen LogP contribution in [0.3, 0.4) is 0 Å². The molecule has 4 amide bonds. The molecule has 1 rings (SSSR count). The summed E-state index contributed by atoms with van der Waals surface area (Å²) in [5.74, 6) is -0.470. The Morgan fingerprint density at radius 3 is 1.59 bits per heavy atom. The van der Waals surface area contributed by atoms with Crippen molar-refractivity contribution >= 4 is 24.0 Å². The molecule has 10 heteroatoms. The summed E-state index contributed by atoms with van der Waals surface area (Å²) in [6.45, 7) is 10.8. The smallest absolute Gasteiger partial charge is 0.408 e. The maximum absolute atomic E-state index is 12.4. The number of ether oxygens (including phenoxy) is 2. The lowest BCUT2D eigenvalue weighted by molar-refractivity contribution is -0.132. The summed E-state index contributed by atoms with van der Waals surface area (Å²) >= 11 is 0. The average Bonchev–Trinajstić information content (AvgIpc) is 2.90. The van der Waals surface area contributed by atoms with Crippen molar-refractivity contribution in [1.82, 2.24) is 20.9 Å². The second-order valence-electron chi connectivity index (χ2n) is 8.98. The Bertz CT molecular complexity index is 585. The van der Waals surface area contributed by atoms with Crippen LogP contribution in [0.25, 0.3) is 0 Å². The van der Waals surface area contributed by atoms with Crippen molar-refractivity contribution in [3.05, 3.63) is 0 Å². The van der Waals surface area contributed by atoms with Gasteiger partial charge in [-0.2, -0.15) is 0 Å². The third-order valence-electron chi connectivity index (χ3n) is 3.92. The Kier molecular flexibility index (Phi) is 8.28. The Hall–Kier alpha value is -2.52. The highest BCUT2D eigenvalue weighted by Crippen LogP contribution is 2.16. The minimum atomic E-state index is -0.681. The van der Waals surface area contributed by atoms with Crippen LogP contribution in [0.5, 0.6) is 0 Å². The lowest BCUT2D eigenvalue weighted by atomic mass is 10.1. The molecule has 2 atom stereocenters. The van der Waals surface area contributed by atoms with E-state index in [1.165, 1.54) is 11.9 Å². The van der Waals surface area contributed by atoms with E-state index < -0.39 is 35.5 Å². The van der Waals surface area contributed by atoms with Gasteiger partial charge in [0.2, 0.25) is 11.8 Å². The van der Waals surface area contributed by atoms with Crippen molar-refractivity contribution in [2.45, 2.75) is 77.7 Å². The van der Waals surface area contributed by atoms with Gasteiger partial charge >= 0.3 is 12.2 Å². The van der Waals surface area contributed by atoms with Crippen LogP contribution in [0.1, 0.15) is 54.4 Å². The van der Waals surface area contributed by atoms with Crippen molar-refractivity contribution in [2.75, 3.05) is 20.1 Å². The fraction of sp³-hybridized carbons (Fsp3) is 0.789. The highest BCUT2D eigenvalue weighted by Gasteiger charge is 2.38. The number of likely N-dealkylation sites (tertiary alicyclic amines) is 1. The molecule has 0 radical (unpaired) electrons. The van der Waals surface area contributed by atoms with Crippen molar-refractivity contribution in [2.24, 2.45) is 0 Å². The minimum Gasteiger partial charge on any atom is -0.444 e. The van der Waals surface area contributed by atoms with Crippen LogP contribution in [0, 0.1) is 0 Å². The van der Waals surface area contributed by atoms with Crippen LogP contribution >= 0.6 is 0 Å². The van der Waals surface area contributed by atoms with Gasteiger partial charge in [-0.25, -0.2) is 9.59 Å². The first-order valence-electron chi connectivity index (χ1n) is 9.67.